The largest absolute Gasteiger partial charge is 0.437 e. The van der Waals surface area contributed by atoms with Gasteiger partial charge in [-0.1, -0.05) is 129 Å². The van der Waals surface area contributed by atoms with Crippen LogP contribution >= 0.6 is 0 Å². The molecule has 0 aromatic heterocycles. The standard InChI is InChI=1S/C10H12O.C9H9F3.C9H10O.C9H12.C8H16BNO2.CH4/c1-8-3-5-10(6-4-8)7-9(2)11;1-2-7-4-3-5-8(6-7)9(10,11)12;1-7-3-5-9(6-4-7)8(2)10;1-3-9-6-4-8(2)5-7-9;1-7(11)8-3-5-10(6-4-8)9(2)12;/h3-6H,7H2,1-2H3;3-6H,2H2,1H3;3-6H,1-2H3;4-7H,3H2,1-2H3;8,12H,3-6H2,1-2H3;1H4. The Morgan fingerprint density at radius 2 is 1.15 bits per heavy atom. The van der Waals surface area contributed by atoms with Gasteiger partial charge in [-0.15, -0.1) is 0 Å². The Morgan fingerprint density at radius 3 is 1.51 bits per heavy atom. The molecule has 0 radical (unpaired) electrons. The number of carbonyl (C=O) groups is 3. The molecule has 9 heteroatoms. The maximum absolute atomic E-state index is 12.1. The third kappa shape index (κ3) is 22.0. The fraction of sp³-hybridized carbons (Fsp3) is 0.413. The molecule has 0 saturated carbocycles. The summed E-state index contributed by atoms with van der Waals surface area (Å²) in [5, 5.41) is 9.24. The summed E-state index contributed by atoms with van der Waals surface area (Å²) < 4.78 is 36.3. The molecule has 4 aromatic rings. The zero-order chi connectivity index (χ0) is 40.8. The van der Waals surface area contributed by atoms with Crippen molar-refractivity contribution in [2.45, 2.75) is 108 Å². The first-order chi connectivity index (χ1) is 25.4. The van der Waals surface area contributed by atoms with Crippen molar-refractivity contribution in [3.05, 3.63) is 142 Å². The number of hydrogen-bond acceptors (Lipinski definition) is 5. The van der Waals surface area contributed by atoms with E-state index in [2.05, 4.69) is 38.1 Å². The van der Waals surface area contributed by atoms with Gasteiger partial charge >= 0.3 is 13.2 Å². The number of ketones is 3. The molecule has 0 aliphatic carbocycles. The minimum Gasteiger partial charge on any atom is -0.437 e. The van der Waals surface area contributed by atoms with Crippen LogP contribution in [0.15, 0.2) is 97.1 Å². The second kappa shape index (κ2) is 26.5. The summed E-state index contributed by atoms with van der Waals surface area (Å²) in [7, 11) is -0.363. The Morgan fingerprint density at radius 1 is 0.709 bits per heavy atom. The number of benzene rings is 4. The summed E-state index contributed by atoms with van der Waals surface area (Å²) in [6.07, 6.45) is -0.0872. The van der Waals surface area contributed by atoms with Crippen molar-refractivity contribution in [2.24, 2.45) is 5.92 Å². The van der Waals surface area contributed by atoms with E-state index in [1.165, 1.54) is 34.4 Å². The molecule has 0 spiro atoms. The number of alkyl halides is 3. The number of rotatable bonds is 7. The van der Waals surface area contributed by atoms with E-state index in [0.29, 0.717) is 24.2 Å². The molecule has 1 saturated heterocycles. The van der Waals surface area contributed by atoms with Gasteiger partial charge in [-0.05, 0) is 110 Å². The molecule has 55 heavy (non-hydrogen) atoms. The predicted octanol–water partition coefficient (Wildman–Crippen LogP) is 11.2. The van der Waals surface area contributed by atoms with Gasteiger partial charge in [0.25, 0.3) is 0 Å². The molecule has 300 valence electrons. The SMILES string of the molecule is C.CB(O)N1CCC(C(C)=O)CC1.CC(=O)Cc1ccc(C)cc1.CC(=O)c1ccc(C)cc1.CCc1ccc(C)cc1.CCc1cccc(C(F)(F)F)c1. The highest BCUT2D eigenvalue weighted by Gasteiger charge is 2.30. The molecule has 0 atom stereocenters. The minimum absolute atomic E-state index is 0. The highest BCUT2D eigenvalue weighted by molar-refractivity contribution is 6.45. The maximum Gasteiger partial charge on any atom is 0.416 e. The molecule has 1 N–H and O–H groups in total. The molecular weight excluding hydrogens is 698 g/mol. The number of carbonyl (C=O) groups excluding carboxylic acids is 3. The third-order valence-electron chi connectivity index (χ3n) is 8.86. The molecule has 1 aliphatic heterocycles. The maximum atomic E-state index is 12.1. The van der Waals surface area contributed by atoms with Crippen LogP contribution in [0.25, 0.3) is 0 Å². The lowest BCUT2D eigenvalue weighted by atomic mass is 9.80. The van der Waals surface area contributed by atoms with E-state index in [0.717, 1.165) is 49.5 Å². The van der Waals surface area contributed by atoms with Gasteiger partial charge in [-0.25, -0.2) is 0 Å². The second-order valence-corrected chi connectivity index (χ2v) is 13.7. The molecule has 5 rings (SSSR count). The molecule has 0 unspecified atom stereocenters. The lowest BCUT2D eigenvalue weighted by Gasteiger charge is -2.31. The fourth-order valence-corrected chi connectivity index (χ4v) is 5.25. The quantitative estimate of drug-likeness (QED) is 0.150. The Hall–Kier alpha value is -4.34. The first-order valence-corrected chi connectivity index (χ1v) is 18.6. The first kappa shape index (κ1) is 50.7. The average molecular weight is 762 g/mol. The summed E-state index contributed by atoms with van der Waals surface area (Å²) in [6.45, 7) is 18.5. The van der Waals surface area contributed by atoms with Gasteiger partial charge < -0.3 is 9.83 Å². The second-order valence-electron chi connectivity index (χ2n) is 13.7. The molecular formula is C46H63BF3NO4. The van der Waals surface area contributed by atoms with E-state index in [4.69, 9.17) is 0 Å². The van der Waals surface area contributed by atoms with Crippen LogP contribution < -0.4 is 0 Å². The first-order valence-electron chi connectivity index (χ1n) is 18.6. The molecule has 1 aliphatic rings. The Labute approximate surface area is 329 Å². The van der Waals surface area contributed by atoms with E-state index in [9.17, 15) is 32.6 Å². The Bertz CT molecular complexity index is 1680. The van der Waals surface area contributed by atoms with E-state index in [1.807, 2.05) is 74.1 Å². The summed E-state index contributed by atoms with van der Waals surface area (Å²) in [5.74, 6) is 0.870. The van der Waals surface area contributed by atoms with Crippen LogP contribution in [0.2, 0.25) is 6.82 Å². The van der Waals surface area contributed by atoms with Gasteiger partial charge in [0.05, 0.1) is 5.56 Å². The van der Waals surface area contributed by atoms with Crippen LogP contribution in [-0.2, 0) is 35.0 Å². The molecule has 4 aromatic carbocycles. The van der Waals surface area contributed by atoms with Crippen molar-refractivity contribution >= 4 is 24.4 Å². The normalized spacial score (nSPS) is 12.3. The van der Waals surface area contributed by atoms with Gasteiger partial charge in [-0.3, -0.25) is 14.4 Å². The zero-order valence-electron chi connectivity index (χ0n) is 33.6. The monoisotopic (exact) mass is 761 g/mol. The van der Waals surface area contributed by atoms with E-state index in [1.54, 1.807) is 33.7 Å². The zero-order valence-corrected chi connectivity index (χ0v) is 33.6. The van der Waals surface area contributed by atoms with Gasteiger partial charge in [0.1, 0.15) is 11.6 Å². The summed E-state index contributed by atoms with van der Waals surface area (Å²) in [5.41, 5.74) is 7.20. The van der Waals surface area contributed by atoms with Gasteiger partial charge in [0, 0.05) is 17.9 Å². The van der Waals surface area contributed by atoms with Crippen LogP contribution in [0.4, 0.5) is 13.2 Å². The van der Waals surface area contributed by atoms with Gasteiger partial charge in [-0.2, -0.15) is 13.2 Å². The van der Waals surface area contributed by atoms with Crippen molar-refractivity contribution < 1.29 is 32.6 Å². The highest BCUT2D eigenvalue weighted by Crippen LogP contribution is 2.29. The Balaban J connectivity index is 0.000000662. The lowest BCUT2D eigenvalue weighted by Crippen LogP contribution is -2.43. The molecule has 0 bridgehead atoms. The van der Waals surface area contributed by atoms with Gasteiger partial charge in [0.15, 0.2) is 5.78 Å². The van der Waals surface area contributed by atoms with Crippen molar-refractivity contribution in [3.8, 4) is 0 Å². The fourth-order valence-electron chi connectivity index (χ4n) is 5.25. The molecule has 5 nitrogen and oxygen atoms in total. The van der Waals surface area contributed by atoms with E-state index < -0.39 is 11.7 Å². The topological polar surface area (TPSA) is 74.7 Å². The number of Topliss-reactive ketones (excluding diaryl/α,β-unsaturated/α-hetero) is 3. The molecule has 1 fully saturated rings. The minimum atomic E-state index is -4.22. The van der Waals surface area contributed by atoms with Gasteiger partial charge in [0.2, 0.25) is 0 Å². The van der Waals surface area contributed by atoms with E-state index >= 15 is 0 Å². The Kier molecular flexibility index (Phi) is 24.4. The number of hydrogen-bond donors (Lipinski definition) is 1. The van der Waals surface area contributed by atoms with Crippen LogP contribution in [0.3, 0.4) is 0 Å². The summed E-state index contributed by atoms with van der Waals surface area (Å²) in [4.78, 5) is 34.4. The van der Waals surface area contributed by atoms with Crippen molar-refractivity contribution in [1.29, 1.82) is 0 Å². The summed E-state index contributed by atoms with van der Waals surface area (Å²) in [6, 6.07) is 29.7. The van der Waals surface area contributed by atoms with Crippen molar-refractivity contribution in [3.63, 3.8) is 0 Å². The molecule has 1 heterocycles. The van der Waals surface area contributed by atoms with E-state index in [-0.39, 0.29) is 32.0 Å². The number of aryl methyl sites for hydroxylation is 5. The third-order valence-corrected chi connectivity index (χ3v) is 8.86. The number of piperidine rings is 1. The molecule has 0 amide bonds. The van der Waals surface area contributed by atoms with Crippen molar-refractivity contribution in [2.75, 3.05) is 13.1 Å². The highest BCUT2D eigenvalue weighted by atomic mass is 19.4. The number of halogens is 3. The lowest BCUT2D eigenvalue weighted by molar-refractivity contribution is -0.137. The number of nitrogens with zero attached hydrogens (tertiary/aromatic N) is 1. The summed E-state index contributed by atoms with van der Waals surface area (Å²) >= 11 is 0. The van der Waals surface area contributed by atoms with Crippen LogP contribution in [0, 0.1) is 26.7 Å². The smallest absolute Gasteiger partial charge is 0.416 e. The predicted molar refractivity (Wildman–Crippen MR) is 224 cm³/mol. The average Bonchev–Trinajstić information content (AvgIpc) is 3.14. The van der Waals surface area contributed by atoms with Crippen molar-refractivity contribution in [1.82, 2.24) is 4.81 Å². The van der Waals surface area contributed by atoms with Crippen LogP contribution in [-0.4, -0.2) is 47.3 Å². The van der Waals surface area contributed by atoms with Crippen LogP contribution in [0.1, 0.15) is 104 Å². The van der Waals surface area contributed by atoms with Crippen LogP contribution in [0.5, 0.6) is 0 Å².